The van der Waals surface area contributed by atoms with Gasteiger partial charge in [-0.25, -0.2) is 0 Å². The van der Waals surface area contributed by atoms with Gasteiger partial charge in [0.15, 0.2) is 0 Å². The van der Waals surface area contributed by atoms with Gasteiger partial charge < -0.3 is 15.8 Å². The van der Waals surface area contributed by atoms with Crippen molar-refractivity contribution in [2.75, 3.05) is 14.2 Å². The van der Waals surface area contributed by atoms with Crippen LogP contribution in [0.5, 0.6) is 0 Å². The van der Waals surface area contributed by atoms with Crippen LogP contribution in [0.2, 0.25) is 0 Å². The second-order valence-electron chi connectivity index (χ2n) is 6.50. The molecule has 4 heteroatoms. The van der Waals surface area contributed by atoms with Crippen LogP contribution in [0, 0.1) is 6.92 Å². The molecule has 0 bridgehead atoms. The maximum atomic E-state index is 6.26. The van der Waals surface area contributed by atoms with Gasteiger partial charge in [-0.05, 0) is 19.8 Å². The lowest BCUT2D eigenvalue weighted by Gasteiger charge is -2.16. The van der Waals surface area contributed by atoms with Crippen molar-refractivity contribution in [3.8, 4) is 0 Å². The van der Waals surface area contributed by atoms with E-state index in [-0.39, 0.29) is 0 Å². The third kappa shape index (κ3) is 7.20. The molecule has 0 aromatic heterocycles. The maximum Gasteiger partial charge on any atom is 0.127 e. The average molecular weight is 346 g/mol. The Balaban J connectivity index is 2.99. The minimum Gasteiger partial charge on any atom is -0.498 e. The number of methoxy groups -OCH3 is 1. The lowest BCUT2D eigenvalue weighted by atomic mass is 10.1. The smallest absolute Gasteiger partial charge is 0.127 e. The molecule has 140 valence electrons. The van der Waals surface area contributed by atoms with E-state index >= 15 is 0 Å². The molecule has 0 fully saturated rings. The molecule has 0 aliphatic carbocycles. The van der Waals surface area contributed by atoms with Gasteiger partial charge in [-0.3, -0.25) is 4.99 Å². The van der Waals surface area contributed by atoms with Crippen molar-refractivity contribution in [2.24, 2.45) is 10.7 Å². The largest absolute Gasteiger partial charge is 0.498 e. The fraction of sp³-hybridized carbons (Fsp3) is 0.571. The van der Waals surface area contributed by atoms with E-state index in [1.54, 1.807) is 7.11 Å². The number of amidine groups is 1. The zero-order valence-electron chi connectivity index (χ0n) is 16.6. The predicted molar refractivity (Wildman–Crippen MR) is 109 cm³/mol. The van der Waals surface area contributed by atoms with E-state index in [0.717, 1.165) is 36.3 Å². The number of hydrogen-bond donors (Lipinski definition) is 2. The number of unbranched alkanes of at least 4 members (excludes halogenated alkanes) is 1. The van der Waals surface area contributed by atoms with Gasteiger partial charge in [0.2, 0.25) is 0 Å². The van der Waals surface area contributed by atoms with Crippen molar-refractivity contribution in [2.45, 2.75) is 65.3 Å². The summed E-state index contributed by atoms with van der Waals surface area (Å²) in [4.78, 5) is 4.77. The van der Waals surface area contributed by atoms with Crippen LogP contribution in [0.25, 0.3) is 5.70 Å². The Morgan fingerprint density at radius 2 is 1.84 bits per heavy atom. The van der Waals surface area contributed by atoms with Gasteiger partial charge in [-0.2, -0.15) is 0 Å². The van der Waals surface area contributed by atoms with Gasteiger partial charge >= 0.3 is 0 Å². The third-order valence-electron chi connectivity index (χ3n) is 4.32. The van der Waals surface area contributed by atoms with E-state index in [4.69, 9.17) is 15.5 Å². The molecule has 0 heterocycles. The Labute approximate surface area is 153 Å². The van der Waals surface area contributed by atoms with E-state index in [0.29, 0.717) is 18.3 Å². The molecule has 0 radical (unpaired) electrons. The van der Waals surface area contributed by atoms with Gasteiger partial charge in [0.05, 0.1) is 25.3 Å². The van der Waals surface area contributed by atoms with Crippen molar-refractivity contribution in [3.63, 3.8) is 0 Å². The zero-order chi connectivity index (χ0) is 18.7. The van der Waals surface area contributed by atoms with E-state index in [1.165, 1.54) is 18.4 Å². The Hall–Kier alpha value is -1.97. The van der Waals surface area contributed by atoms with Crippen molar-refractivity contribution >= 4 is 11.5 Å². The molecule has 3 N–H and O–H groups in total. The standard InChI is InChI=1S/C21H35N3O/c1-6-8-10-18(9-7-2)24-20(22)15-19(25-5)21(23-4)17-13-11-16(3)12-14-17/h11-14,18,23H,6-10,15H2,1-5H3,(H2,22,24)/b21-19+/t18-/m1/s1. The van der Waals surface area contributed by atoms with Crippen LogP contribution < -0.4 is 11.1 Å². The molecule has 4 nitrogen and oxygen atoms in total. The highest BCUT2D eigenvalue weighted by atomic mass is 16.5. The first-order valence-corrected chi connectivity index (χ1v) is 9.39. The van der Waals surface area contributed by atoms with Crippen LogP contribution in [-0.4, -0.2) is 26.0 Å². The molecule has 0 amide bonds. The highest BCUT2D eigenvalue weighted by Gasteiger charge is 2.12. The van der Waals surface area contributed by atoms with Crippen LogP contribution in [0.15, 0.2) is 35.0 Å². The number of nitrogens with two attached hydrogens (primary N) is 1. The molecule has 1 rings (SSSR count). The normalized spacial score (nSPS) is 14.0. The first-order valence-electron chi connectivity index (χ1n) is 9.39. The second kappa shape index (κ2) is 11.6. The summed E-state index contributed by atoms with van der Waals surface area (Å²) in [7, 11) is 3.59. The second-order valence-corrected chi connectivity index (χ2v) is 6.50. The quantitative estimate of drug-likeness (QED) is 0.349. The predicted octanol–water partition coefficient (Wildman–Crippen LogP) is 4.64. The Bertz CT molecular complexity index is 561. The molecule has 1 atom stereocenters. The summed E-state index contributed by atoms with van der Waals surface area (Å²) in [5.41, 5.74) is 9.54. The van der Waals surface area contributed by atoms with Crippen LogP contribution in [0.1, 0.15) is 63.5 Å². The number of nitrogens with one attached hydrogen (secondary N) is 1. The summed E-state index contributed by atoms with van der Waals surface area (Å²) >= 11 is 0. The van der Waals surface area contributed by atoms with Crippen molar-refractivity contribution in [1.29, 1.82) is 0 Å². The van der Waals surface area contributed by atoms with E-state index < -0.39 is 0 Å². The van der Waals surface area contributed by atoms with Crippen LogP contribution in [0.4, 0.5) is 0 Å². The zero-order valence-corrected chi connectivity index (χ0v) is 16.6. The highest BCUT2D eigenvalue weighted by Crippen LogP contribution is 2.20. The minimum atomic E-state index is 0.320. The molecular formula is C21H35N3O. The number of aliphatic imine (C=N–C) groups is 1. The van der Waals surface area contributed by atoms with Gasteiger partial charge in [-0.1, -0.05) is 62.9 Å². The maximum absolute atomic E-state index is 6.26. The lowest BCUT2D eigenvalue weighted by Crippen LogP contribution is -2.20. The summed E-state index contributed by atoms with van der Waals surface area (Å²) in [6, 6.07) is 8.70. The van der Waals surface area contributed by atoms with Crippen LogP contribution in [0.3, 0.4) is 0 Å². The summed E-state index contributed by atoms with van der Waals surface area (Å²) in [6.07, 6.45) is 6.23. The number of benzene rings is 1. The van der Waals surface area contributed by atoms with Crippen molar-refractivity contribution in [1.82, 2.24) is 5.32 Å². The van der Waals surface area contributed by atoms with Crippen LogP contribution >= 0.6 is 0 Å². The third-order valence-corrected chi connectivity index (χ3v) is 4.32. The Morgan fingerprint density at radius 1 is 1.16 bits per heavy atom. The van der Waals surface area contributed by atoms with Gasteiger partial charge in [0.25, 0.3) is 0 Å². The van der Waals surface area contributed by atoms with E-state index in [9.17, 15) is 0 Å². The molecular weight excluding hydrogens is 310 g/mol. The Kier molecular flexibility index (Phi) is 9.75. The fourth-order valence-corrected chi connectivity index (χ4v) is 2.92. The average Bonchev–Trinajstić information content (AvgIpc) is 2.61. The molecule has 0 aliphatic rings. The first kappa shape index (κ1) is 21.1. The monoisotopic (exact) mass is 345 g/mol. The number of ether oxygens (including phenoxy) is 1. The molecule has 0 aliphatic heterocycles. The summed E-state index contributed by atoms with van der Waals surface area (Å²) in [5.74, 6) is 1.46. The topological polar surface area (TPSA) is 59.6 Å². The molecule has 25 heavy (non-hydrogen) atoms. The SMILES string of the molecule is CCCC[C@@H](CCC)N=C(N)C/C(OC)=C(\NC)c1ccc(C)cc1. The Morgan fingerprint density at radius 3 is 2.36 bits per heavy atom. The van der Waals surface area contributed by atoms with E-state index in [2.05, 4.69) is 50.4 Å². The lowest BCUT2D eigenvalue weighted by molar-refractivity contribution is 0.287. The molecule has 1 aromatic carbocycles. The highest BCUT2D eigenvalue weighted by molar-refractivity contribution is 5.84. The molecule has 0 saturated carbocycles. The minimum absolute atomic E-state index is 0.320. The fourth-order valence-electron chi connectivity index (χ4n) is 2.92. The van der Waals surface area contributed by atoms with Gasteiger partial charge in [0.1, 0.15) is 11.6 Å². The van der Waals surface area contributed by atoms with Crippen molar-refractivity contribution in [3.05, 3.63) is 41.2 Å². The van der Waals surface area contributed by atoms with Gasteiger partial charge in [0, 0.05) is 12.6 Å². The first-order chi connectivity index (χ1) is 12.0. The summed E-state index contributed by atoms with van der Waals surface area (Å²) in [5, 5.41) is 3.25. The molecule has 0 saturated heterocycles. The van der Waals surface area contributed by atoms with Gasteiger partial charge in [-0.15, -0.1) is 0 Å². The number of hydrogen-bond acceptors (Lipinski definition) is 3. The molecule has 0 spiro atoms. The summed E-state index contributed by atoms with van der Waals surface area (Å²) in [6.45, 7) is 6.49. The molecule has 0 unspecified atom stereocenters. The number of rotatable bonds is 11. The number of nitrogens with zero attached hydrogens (tertiary/aromatic N) is 1. The summed E-state index contributed by atoms with van der Waals surface area (Å²) < 4.78 is 5.64. The molecule has 1 aromatic rings. The number of aryl methyl sites for hydroxylation is 1. The van der Waals surface area contributed by atoms with Crippen molar-refractivity contribution < 1.29 is 4.74 Å². The van der Waals surface area contributed by atoms with Crippen LogP contribution in [-0.2, 0) is 4.74 Å². The van der Waals surface area contributed by atoms with E-state index in [1.807, 2.05) is 7.05 Å².